The first-order valence-corrected chi connectivity index (χ1v) is 38.7. The van der Waals surface area contributed by atoms with Crippen LogP contribution in [0, 0.1) is 23.3 Å². The van der Waals surface area contributed by atoms with E-state index < -0.39 is 43.4 Å². The molecule has 8 heterocycles. The maximum atomic E-state index is 18.2. The predicted octanol–water partition coefficient (Wildman–Crippen LogP) is 20.6. The summed E-state index contributed by atoms with van der Waals surface area (Å²) in [6.07, 6.45) is 0. The maximum Gasteiger partial charge on any atom is 0.273 e. The Kier molecular flexibility index (Phi) is 14.3. The number of halogens is 4. The third-order valence-corrected chi connectivity index (χ3v) is 24.8. The summed E-state index contributed by atoms with van der Waals surface area (Å²) < 4.78 is 106. The minimum Gasteiger partial charge on any atom is -0.458 e. The molecule has 6 aliphatic heterocycles. The second kappa shape index (κ2) is 24.9. The van der Waals surface area contributed by atoms with Crippen LogP contribution in [0.4, 0.5) is 103 Å². The van der Waals surface area contributed by atoms with Crippen molar-refractivity contribution >= 4 is 196 Å². The van der Waals surface area contributed by atoms with Crippen molar-refractivity contribution in [1.82, 2.24) is 0 Å². The summed E-state index contributed by atoms with van der Waals surface area (Å²) in [5.74, 6) is 1.20. The number of hydrogen-bond acceptors (Lipinski definition) is 11. The second-order valence-electron chi connectivity index (χ2n) is 28.6. The fourth-order valence-electron chi connectivity index (χ4n) is 17.8. The third-order valence-electron chi connectivity index (χ3n) is 22.4. The first-order chi connectivity index (χ1) is 55.2. The Morgan fingerprint density at radius 3 is 0.973 bits per heavy atom. The van der Waals surface area contributed by atoms with Gasteiger partial charge in [-0.15, -0.1) is 22.7 Å². The van der Waals surface area contributed by atoms with Crippen LogP contribution in [0.2, 0.25) is 0 Å². The molecule has 0 bridgehead atoms. The van der Waals surface area contributed by atoms with Gasteiger partial charge in [0.05, 0.1) is 17.1 Å². The van der Waals surface area contributed by atoms with Crippen LogP contribution in [0.5, 0.6) is 46.0 Å². The molecular weight excluding hydrogens is 1440 g/mol. The zero-order valence-electron chi connectivity index (χ0n) is 59.1. The molecule has 9 nitrogen and oxygen atoms in total. The van der Waals surface area contributed by atoms with Crippen LogP contribution in [-0.2, 0) is 0 Å². The topological polar surface area (TPSA) is 53.1 Å². The van der Waals surface area contributed by atoms with E-state index in [1.807, 2.05) is 212 Å². The van der Waals surface area contributed by atoms with Crippen LogP contribution in [0.1, 0.15) is 0 Å². The number of thiophene rings is 2. The van der Waals surface area contributed by atoms with E-state index >= 15 is 17.6 Å². The van der Waals surface area contributed by atoms with Crippen LogP contribution >= 0.6 is 22.7 Å². The van der Waals surface area contributed by atoms with Gasteiger partial charge >= 0.3 is 0 Å². The summed E-state index contributed by atoms with van der Waals surface area (Å²) in [6.45, 7) is -1.90. The first-order valence-electron chi connectivity index (χ1n) is 37.0. The molecule has 112 heavy (non-hydrogen) atoms. The van der Waals surface area contributed by atoms with Gasteiger partial charge in [-0.2, -0.15) is 0 Å². The number of para-hydroxylation sites is 8. The van der Waals surface area contributed by atoms with Crippen LogP contribution in [0.3, 0.4) is 0 Å². The van der Waals surface area contributed by atoms with Crippen molar-refractivity contribution in [3.05, 3.63) is 351 Å². The fourth-order valence-corrected chi connectivity index (χ4v) is 20.4. The smallest absolute Gasteiger partial charge is 0.273 e. The van der Waals surface area contributed by atoms with E-state index in [9.17, 15) is 0 Å². The van der Waals surface area contributed by atoms with E-state index in [0.717, 1.165) is 91.7 Å². The van der Waals surface area contributed by atoms with Gasteiger partial charge in [0.1, 0.15) is 80.6 Å². The van der Waals surface area contributed by atoms with E-state index in [1.54, 1.807) is 32.5 Å². The highest BCUT2D eigenvalue weighted by Gasteiger charge is 2.52. The second-order valence-corrected chi connectivity index (χ2v) is 30.8. The lowest BCUT2D eigenvalue weighted by molar-refractivity contribution is 0.458. The summed E-state index contributed by atoms with van der Waals surface area (Å²) in [5.41, 5.74) is 13.0. The molecule has 0 aliphatic carbocycles. The van der Waals surface area contributed by atoms with Gasteiger partial charge in [0.15, 0.2) is 0 Å². The SMILES string of the molecule is Fc1cccc(F)c1N1c2cc3c(cc2B2c4cc5c(cc4Oc4cc(N(c6ccccc6)c6ccccc6)cc1c42)Oc1cc(N(c2ccccc2)c2ccccc2)cc2c1B5c1sc4ccccc4c1O2)B1c2sc4ccccc4c2Oc2cc(N(c4ccccc4)c4ccccc4)cc(c21)N3c1c(F)cccc1F. The van der Waals surface area contributed by atoms with E-state index in [0.29, 0.717) is 96.2 Å². The lowest BCUT2D eigenvalue weighted by atomic mass is 9.30. The average Bonchev–Trinajstić information content (AvgIpc) is 0.951. The summed E-state index contributed by atoms with van der Waals surface area (Å²) in [5, 5.41) is 1.87. The van der Waals surface area contributed by atoms with Gasteiger partial charge in [-0.05, 0) is 172 Å². The Labute approximate surface area is 649 Å². The van der Waals surface area contributed by atoms with Gasteiger partial charge in [0, 0.05) is 122 Å². The Balaban J connectivity index is 0.823. The highest BCUT2D eigenvalue weighted by Crippen LogP contribution is 2.54. The molecule has 0 spiro atoms. The largest absolute Gasteiger partial charge is 0.458 e. The number of nitrogens with zero attached hydrogens (tertiary/aromatic N) is 5. The van der Waals surface area contributed by atoms with Crippen LogP contribution < -0.4 is 91.2 Å². The number of anilines is 15. The number of fused-ring (bicyclic) bond motifs is 16. The third kappa shape index (κ3) is 9.71. The van der Waals surface area contributed by atoms with Crippen LogP contribution in [-0.4, -0.2) is 20.1 Å². The summed E-state index contributed by atoms with van der Waals surface area (Å²) in [4.78, 5) is 9.73. The van der Waals surface area contributed by atoms with Gasteiger partial charge in [-0.3, -0.25) is 0 Å². The number of hydrogen-bond donors (Lipinski definition) is 0. The van der Waals surface area contributed by atoms with Crippen molar-refractivity contribution in [1.29, 1.82) is 0 Å². The minimum atomic E-state index is -0.850. The molecule has 0 saturated heterocycles. The molecule has 0 atom stereocenters. The number of rotatable bonds is 11. The minimum absolute atomic E-state index is 0.343. The van der Waals surface area contributed by atoms with E-state index in [2.05, 4.69) is 93.6 Å². The van der Waals surface area contributed by atoms with Gasteiger partial charge in [0.25, 0.3) is 20.1 Å². The molecule has 528 valence electrons. The summed E-state index contributed by atoms with van der Waals surface area (Å²) in [6, 6.07) is 105. The maximum absolute atomic E-state index is 18.2. The fraction of sp³-hybridized carbons (Fsp3) is 0. The molecule has 0 fully saturated rings. The molecule has 2 aromatic heterocycles. The van der Waals surface area contributed by atoms with Crippen molar-refractivity contribution < 1.29 is 36.5 Å². The van der Waals surface area contributed by atoms with E-state index in [-0.39, 0.29) is 11.4 Å². The Morgan fingerprint density at radius 2 is 0.562 bits per heavy atom. The number of benzene rings is 15. The molecule has 6 aliphatic rings. The molecule has 17 aromatic rings. The Morgan fingerprint density at radius 1 is 0.250 bits per heavy atom. The molecule has 15 aromatic carbocycles. The van der Waals surface area contributed by atoms with Gasteiger partial charge in [-0.25, -0.2) is 17.6 Å². The normalized spacial score (nSPS) is 13.2. The Hall–Kier alpha value is -13.7. The van der Waals surface area contributed by atoms with Crippen molar-refractivity contribution in [2.45, 2.75) is 0 Å². The summed E-state index contributed by atoms with van der Waals surface area (Å²) >= 11 is 3.28. The van der Waals surface area contributed by atoms with Gasteiger partial charge in [-0.1, -0.05) is 158 Å². The molecule has 0 saturated carbocycles. The summed E-state index contributed by atoms with van der Waals surface area (Å²) in [7, 11) is 0. The zero-order valence-corrected chi connectivity index (χ0v) is 60.7. The van der Waals surface area contributed by atoms with Crippen molar-refractivity contribution in [2.24, 2.45) is 0 Å². The highest BCUT2D eigenvalue weighted by molar-refractivity contribution is 7.34. The standard InChI is InChI=1S/C94H54B3F4N5O4S2/c98-70-39-23-40-71(99)89(70)105-74-53-75-67(96-87-77(106(75)90-72(100)41-24-42-73(90)101)46-62(103(57-29-11-3-12-30-57)58-31-13-4-14-32-58)48-81(87)109-91-64-37-19-21-43-84(64)111-93(91)96)51-66(74)95-68-52-69-79(54-78(68)107-80-47-61(45-76(105)86(80)95)102(55-25-7-1-8-26-55)56-27-9-2-10-28-56)108-82-49-63(104(59-33-15-5-16-34-59)60-35-17-6-18-36-60)50-83-88(82)97(69)94-92(110-83)65-38-20-22-44-85(65)112-94/h1-54H. The molecule has 0 unspecified atom stereocenters. The van der Waals surface area contributed by atoms with E-state index in [4.69, 9.17) is 18.9 Å². The lowest BCUT2D eigenvalue weighted by Gasteiger charge is -2.44. The van der Waals surface area contributed by atoms with Crippen molar-refractivity contribution in [2.75, 3.05) is 24.5 Å². The molecule has 0 N–H and O–H groups in total. The molecule has 0 amide bonds. The quantitative estimate of drug-likeness (QED) is 0.0931. The lowest BCUT2D eigenvalue weighted by Crippen LogP contribution is -2.64. The van der Waals surface area contributed by atoms with E-state index in [1.165, 1.54) is 36.4 Å². The first kappa shape index (κ1) is 64.3. The number of ether oxygens (including phenoxy) is 4. The monoisotopic (exact) mass is 1490 g/mol. The van der Waals surface area contributed by atoms with Crippen LogP contribution in [0.25, 0.3) is 20.2 Å². The highest BCUT2D eigenvalue weighted by atomic mass is 32.1. The molecule has 23 rings (SSSR count). The zero-order chi connectivity index (χ0) is 74.1. The molecule has 0 radical (unpaired) electrons. The van der Waals surface area contributed by atoms with Gasteiger partial charge < -0.3 is 43.4 Å². The van der Waals surface area contributed by atoms with Gasteiger partial charge in [0.2, 0.25) is 0 Å². The average molecular weight is 1490 g/mol. The molecule has 18 heteroatoms. The predicted molar refractivity (Wildman–Crippen MR) is 450 cm³/mol. The van der Waals surface area contributed by atoms with Crippen molar-refractivity contribution in [3.63, 3.8) is 0 Å². The Bertz CT molecular complexity index is 6630. The van der Waals surface area contributed by atoms with Crippen molar-refractivity contribution in [3.8, 4) is 46.0 Å². The van der Waals surface area contributed by atoms with Crippen LogP contribution in [0.15, 0.2) is 328 Å². The molecular formula is C94H54B3F4N5O4S2.